The van der Waals surface area contributed by atoms with Crippen LogP contribution in [0.1, 0.15) is 10.4 Å². The van der Waals surface area contributed by atoms with E-state index in [1.54, 1.807) is 0 Å². The summed E-state index contributed by atoms with van der Waals surface area (Å²) in [5.74, 6) is -1.26. The first-order chi connectivity index (χ1) is 9.56. The molecule has 5 nitrogen and oxygen atoms in total. The fourth-order valence-corrected chi connectivity index (χ4v) is 2.55. The molecule has 0 aliphatic heterocycles. The van der Waals surface area contributed by atoms with Crippen LogP contribution in [-0.2, 0) is 14.8 Å². The number of carbonyl (C=O) groups excluding carboxylic acids is 1. The molecule has 1 aromatic carbocycles. The molecule has 0 heterocycles. The number of hydrogen-bond donors (Lipinski definition) is 0. The zero-order valence-corrected chi connectivity index (χ0v) is 11.1. The van der Waals surface area contributed by atoms with Crippen molar-refractivity contribution in [1.29, 1.82) is 0 Å². The van der Waals surface area contributed by atoms with Gasteiger partial charge in [0.15, 0.2) is 0 Å². The summed E-state index contributed by atoms with van der Waals surface area (Å²) in [5.41, 5.74) is -0.771. The molecule has 0 aliphatic rings. The Hall–Kier alpha value is -1.75. The van der Waals surface area contributed by atoms with Gasteiger partial charge in [-0.15, -0.1) is 4.48 Å². The fraction of sp³-hybridized carbons (Fsp3) is 0.300. The van der Waals surface area contributed by atoms with Crippen molar-refractivity contribution < 1.29 is 40.0 Å². The Bertz CT molecular complexity index is 634. The topological polar surface area (TPSA) is 63.7 Å². The molecule has 11 heteroatoms. The van der Waals surface area contributed by atoms with E-state index in [0.29, 0.717) is 6.07 Å². The number of carbonyl (C=O) groups is 1. The van der Waals surface area contributed by atoms with E-state index in [9.17, 15) is 35.3 Å². The molecule has 1 aromatic rings. The second kappa shape index (κ2) is 5.93. The monoisotopic (exact) mass is 333 g/mol. The van der Waals surface area contributed by atoms with Gasteiger partial charge in [0.25, 0.3) is 10.0 Å². The highest BCUT2D eigenvalue weighted by Crippen LogP contribution is 2.34. The average Bonchev–Trinajstić information content (AvgIpc) is 2.45. The van der Waals surface area contributed by atoms with Crippen molar-refractivity contribution in [3.05, 3.63) is 29.8 Å². The van der Waals surface area contributed by atoms with Gasteiger partial charge in [-0.3, -0.25) is 0 Å². The SMILES string of the molecule is COC(=O)c1ccccc1S(=O)(=O)N(F)C(F)(F)C(F)F. The van der Waals surface area contributed by atoms with E-state index in [-0.39, 0.29) is 0 Å². The molecular formula is C10H8F5NO4S. The Kier molecular flexibility index (Phi) is 4.89. The molecule has 118 valence electrons. The van der Waals surface area contributed by atoms with E-state index in [1.165, 1.54) is 0 Å². The first-order valence-electron chi connectivity index (χ1n) is 5.11. The highest BCUT2D eigenvalue weighted by Gasteiger charge is 2.55. The summed E-state index contributed by atoms with van der Waals surface area (Å²) in [6, 6.07) is -1.97. The molecule has 0 amide bonds. The van der Waals surface area contributed by atoms with Crippen molar-refractivity contribution in [2.45, 2.75) is 17.4 Å². The second-order valence-corrected chi connectivity index (χ2v) is 5.31. The van der Waals surface area contributed by atoms with Gasteiger partial charge in [-0.1, -0.05) is 12.1 Å². The Balaban J connectivity index is 3.43. The van der Waals surface area contributed by atoms with E-state index in [4.69, 9.17) is 0 Å². The summed E-state index contributed by atoms with van der Waals surface area (Å²) < 4.78 is 88.3. The molecule has 0 spiro atoms. The van der Waals surface area contributed by atoms with Gasteiger partial charge in [0.1, 0.15) is 0 Å². The van der Waals surface area contributed by atoms with E-state index in [2.05, 4.69) is 4.74 Å². The molecule has 0 aliphatic carbocycles. The molecule has 0 saturated carbocycles. The Morgan fingerprint density at radius 2 is 1.81 bits per heavy atom. The van der Waals surface area contributed by atoms with Crippen LogP contribution in [0.3, 0.4) is 0 Å². The van der Waals surface area contributed by atoms with Crippen molar-refractivity contribution in [3.63, 3.8) is 0 Å². The highest BCUT2D eigenvalue weighted by atomic mass is 32.2. The molecule has 0 aromatic heterocycles. The normalized spacial score (nSPS) is 12.8. The van der Waals surface area contributed by atoms with Crippen LogP contribution in [0.2, 0.25) is 0 Å². The summed E-state index contributed by atoms with van der Waals surface area (Å²) in [6.07, 6.45) is -4.59. The molecule has 0 radical (unpaired) electrons. The van der Waals surface area contributed by atoms with Crippen molar-refractivity contribution in [1.82, 2.24) is 4.53 Å². The summed E-state index contributed by atoms with van der Waals surface area (Å²) in [7, 11) is -4.82. The van der Waals surface area contributed by atoms with Crippen molar-refractivity contribution in [2.75, 3.05) is 7.11 Å². The summed E-state index contributed by atoms with van der Waals surface area (Å²) in [5, 5.41) is 0. The zero-order valence-electron chi connectivity index (χ0n) is 10.3. The van der Waals surface area contributed by atoms with E-state index >= 15 is 0 Å². The third-order valence-electron chi connectivity index (χ3n) is 2.28. The highest BCUT2D eigenvalue weighted by molar-refractivity contribution is 7.89. The quantitative estimate of drug-likeness (QED) is 0.359. The molecule has 0 fully saturated rings. The first kappa shape index (κ1) is 17.3. The number of hydrogen-bond acceptors (Lipinski definition) is 4. The van der Waals surface area contributed by atoms with Gasteiger partial charge in [-0.05, 0) is 12.1 Å². The Morgan fingerprint density at radius 1 is 1.29 bits per heavy atom. The average molecular weight is 333 g/mol. The number of benzene rings is 1. The lowest BCUT2D eigenvalue weighted by molar-refractivity contribution is -0.247. The van der Waals surface area contributed by atoms with Gasteiger partial charge < -0.3 is 4.74 Å². The second-order valence-electron chi connectivity index (χ2n) is 3.60. The minimum atomic E-state index is -5.69. The van der Waals surface area contributed by atoms with E-state index < -0.39 is 43.5 Å². The number of methoxy groups -OCH3 is 1. The van der Waals surface area contributed by atoms with Crippen LogP contribution in [0.4, 0.5) is 22.0 Å². The minimum Gasteiger partial charge on any atom is -0.465 e. The van der Waals surface area contributed by atoms with Gasteiger partial charge in [0.05, 0.1) is 17.6 Å². The lowest BCUT2D eigenvalue weighted by Crippen LogP contribution is -2.45. The van der Waals surface area contributed by atoms with Crippen LogP contribution in [-0.4, -0.2) is 38.5 Å². The molecule has 0 saturated heterocycles. The van der Waals surface area contributed by atoms with Crippen LogP contribution in [0, 0.1) is 0 Å². The van der Waals surface area contributed by atoms with Gasteiger partial charge in [-0.25, -0.2) is 22.0 Å². The summed E-state index contributed by atoms with van der Waals surface area (Å²) >= 11 is 0. The molecular weight excluding hydrogens is 325 g/mol. The third kappa shape index (κ3) is 3.13. The van der Waals surface area contributed by atoms with Gasteiger partial charge >= 0.3 is 18.4 Å². The van der Waals surface area contributed by atoms with Crippen LogP contribution in [0.5, 0.6) is 0 Å². The van der Waals surface area contributed by atoms with E-state index in [1.807, 2.05) is 0 Å². The van der Waals surface area contributed by atoms with Crippen LogP contribution in [0.15, 0.2) is 29.2 Å². The zero-order chi connectivity index (χ0) is 16.4. The third-order valence-corrected chi connectivity index (χ3v) is 3.86. The maximum Gasteiger partial charge on any atom is 0.403 e. The summed E-state index contributed by atoms with van der Waals surface area (Å²) in [6.45, 7) is 0. The number of nitrogens with zero attached hydrogens (tertiary/aromatic N) is 1. The van der Waals surface area contributed by atoms with Crippen LogP contribution in [0.25, 0.3) is 0 Å². The predicted octanol–water partition coefficient (Wildman–Crippen LogP) is 2.21. The standard InChI is InChI=1S/C10H8F5NO4S/c1-20-8(17)6-4-2-3-5-7(6)21(18,19)16(15)10(13,14)9(11)12/h2-5,9H,1H3. The smallest absolute Gasteiger partial charge is 0.403 e. The fourth-order valence-electron chi connectivity index (χ4n) is 1.29. The summed E-state index contributed by atoms with van der Waals surface area (Å²) in [4.78, 5) is 10.1. The molecule has 1 rings (SSSR count). The van der Waals surface area contributed by atoms with Gasteiger partial charge in [-0.2, -0.15) is 8.78 Å². The molecule has 0 N–H and O–H groups in total. The molecule has 0 bridgehead atoms. The number of alkyl halides is 4. The van der Waals surface area contributed by atoms with Gasteiger partial charge in [0, 0.05) is 4.53 Å². The lowest BCUT2D eigenvalue weighted by Gasteiger charge is -2.22. The molecule has 21 heavy (non-hydrogen) atoms. The van der Waals surface area contributed by atoms with Crippen molar-refractivity contribution in [2.24, 2.45) is 0 Å². The molecule has 0 atom stereocenters. The molecule has 0 unspecified atom stereocenters. The van der Waals surface area contributed by atoms with Crippen LogP contribution < -0.4 is 0 Å². The minimum absolute atomic E-state index is 0.607. The first-order valence-corrected chi connectivity index (χ1v) is 6.55. The van der Waals surface area contributed by atoms with Crippen LogP contribution >= 0.6 is 0 Å². The van der Waals surface area contributed by atoms with Crippen molar-refractivity contribution >= 4 is 16.0 Å². The number of sulfonamides is 1. The van der Waals surface area contributed by atoms with Gasteiger partial charge in [0.2, 0.25) is 0 Å². The Labute approximate surface area is 115 Å². The lowest BCUT2D eigenvalue weighted by atomic mass is 10.2. The number of halogens is 5. The maximum absolute atomic E-state index is 13.3. The largest absolute Gasteiger partial charge is 0.465 e. The Morgan fingerprint density at radius 3 is 2.29 bits per heavy atom. The van der Waals surface area contributed by atoms with E-state index in [0.717, 1.165) is 25.3 Å². The van der Waals surface area contributed by atoms with Crippen molar-refractivity contribution in [3.8, 4) is 0 Å². The number of rotatable bonds is 5. The number of ether oxygens (including phenoxy) is 1. The maximum atomic E-state index is 13.3. The predicted molar refractivity (Wildman–Crippen MR) is 58.9 cm³/mol. The number of esters is 1.